The summed E-state index contributed by atoms with van der Waals surface area (Å²) >= 11 is 0. The van der Waals surface area contributed by atoms with Gasteiger partial charge in [-0.05, 0) is 19.3 Å². The highest BCUT2D eigenvalue weighted by atomic mass is 16.5. The molecule has 0 N–H and O–H groups in total. The van der Waals surface area contributed by atoms with Crippen LogP contribution in [0.15, 0.2) is 4.79 Å². The molecule has 0 aliphatic carbocycles. The van der Waals surface area contributed by atoms with Gasteiger partial charge in [-0.15, -0.1) is 0 Å². The minimum absolute atomic E-state index is 0.0817. The summed E-state index contributed by atoms with van der Waals surface area (Å²) in [5.41, 5.74) is -0.109. The van der Waals surface area contributed by atoms with E-state index in [9.17, 15) is 9.59 Å². The van der Waals surface area contributed by atoms with Crippen molar-refractivity contribution in [1.82, 2.24) is 19.2 Å². The normalized spacial score (nSPS) is 38.0. The van der Waals surface area contributed by atoms with E-state index in [1.165, 1.54) is 4.68 Å². The summed E-state index contributed by atoms with van der Waals surface area (Å²) in [6.45, 7) is 2.17. The number of rotatable bonds is 1. The summed E-state index contributed by atoms with van der Waals surface area (Å²) in [6.07, 6.45) is 4.58. The third kappa shape index (κ3) is 1.89. The third-order valence-electron chi connectivity index (χ3n) is 6.32. The molecule has 5 rings (SSSR count). The fourth-order valence-electron chi connectivity index (χ4n) is 5.14. The molecule has 1 aromatic heterocycles. The van der Waals surface area contributed by atoms with E-state index in [0.29, 0.717) is 37.0 Å². The average Bonchev–Trinajstić information content (AvgIpc) is 3.29. The van der Waals surface area contributed by atoms with Crippen molar-refractivity contribution in [2.75, 3.05) is 13.1 Å². The molecule has 0 radical (unpaired) electrons. The maximum Gasteiger partial charge on any atom is 0.345 e. The molecule has 124 valence electrons. The molecule has 1 amide bonds. The number of aromatic nitrogens is 3. The Morgan fingerprint density at radius 1 is 1.13 bits per heavy atom. The van der Waals surface area contributed by atoms with Crippen molar-refractivity contribution in [3.63, 3.8) is 0 Å². The first-order valence-electron chi connectivity index (χ1n) is 8.69. The Balaban J connectivity index is 1.33. The highest BCUT2D eigenvalue weighted by Crippen LogP contribution is 2.47. The number of carbonyl (C=O) groups is 1. The second-order valence-corrected chi connectivity index (χ2v) is 7.53. The van der Waals surface area contributed by atoms with Crippen molar-refractivity contribution in [2.45, 2.75) is 44.4 Å². The average molecular weight is 318 g/mol. The Kier molecular flexibility index (Phi) is 2.81. The van der Waals surface area contributed by atoms with Crippen molar-refractivity contribution in [1.29, 1.82) is 0 Å². The summed E-state index contributed by atoms with van der Waals surface area (Å²) in [5, 5.41) is 4.24. The van der Waals surface area contributed by atoms with Gasteiger partial charge in [0.05, 0.1) is 18.1 Å². The second kappa shape index (κ2) is 4.69. The predicted molar refractivity (Wildman–Crippen MR) is 80.7 cm³/mol. The number of ether oxygens (including phenoxy) is 1. The highest BCUT2D eigenvalue weighted by molar-refractivity contribution is 5.79. The van der Waals surface area contributed by atoms with Crippen LogP contribution in [0.4, 0.5) is 0 Å². The minimum Gasteiger partial charge on any atom is -0.374 e. The number of aryl methyl sites for hydroxylation is 2. The van der Waals surface area contributed by atoms with Crippen LogP contribution < -0.4 is 5.69 Å². The van der Waals surface area contributed by atoms with Gasteiger partial charge in [-0.25, -0.2) is 9.48 Å². The summed E-state index contributed by atoms with van der Waals surface area (Å²) < 4.78 is 9.03. The molecule has 4 aliphatic heterocycles. The SMILES string of the molecule is Cn1nc2n(c1=O)C[C@H](C(=O)N1C[C@@H]3[C@H](C1)[C@H]1CC[C@@H]3O1)CC2. The lowest BCUT2D eigenvalue weighted by molar-refractivity contribution is -0.136. The summed E-state index contributed by atoms with van der Waals surface area (Å²) in [6, 6.07) is 0. The number of hydrogen-bond donors (Lipinski definition) is 0. The van der Waals surface area contributed by atoms with Crippen molar-refractivity contribution in [3.8, 4) is 0 Å². The molecule has 0 aromatic carbocycles. The van der Waals surface area contributed by atoms with E-state index in [-0.39, 0.29) is 17.5 Å². The zero-order valence-corrected chi connectivity index (χ0v) is 13.4. The summed E-state index contributed by atoms with van der Waals surface area (Å²) in [5.74, 6) is 2.03. The topological polar surface area (TPSA) is 69.4 Å². The maximum atomic E-state index is 12.9. The molecule has 3 fully saturated rings. The first kappa shape index (κ1) is 13.8. The Morgan fingerprint density at radius 2 is 1.83 bits per heavy atom. The third-order valence-corrected chi connectivity index (χ3v) is 6.32. The van der Waals surface area contributed by atoms with Gasteiger partial charge >= 0.3 is 5.69 Å². The summed E-state index contributed by atoms with van der Waals surface area (Å²) in [7, 11) is 1.67. The van der Waals surface area contributed by atoms with E-state index < -0.39 is 0 Å². The predicted octanol–water partition coefficient (Wildman–Crippen LogP) is -0.220. The van der Waals surface area contributed by atoms with Gasteiger partial charge in [-0.1, -0.05) is 0 Å². The van der Waals surface area contributed by atoms with Gasteiger partial charge in [-0.3, -0.25) is 9.36 Å². The van der Waals surface area contributed by atoms with Crippen molar-refractivity contribution in [2.24, 2.45) is 24.8 Å². The Morgan fingerprint density at radius 3 is 2.52 bits per heavy atom. The largest absolute Gasteiger partial charge is 0.374 e. The van der Waals surface area contributed by atoms with E-state index in [4.69, 9.17) is 4.74 Å². The lowest BCUT2D eigenvalue weighted by Crippen LogP contribution is -2.41. The molecule has 7 heteroatoms. The van der Waals surface area contributed by atoms with E-state index >= 15 is 0 Å². The first-order chi connectivity index (χ1) is 11.1. The molecule has 3 saturated heterocycles. The molecule has 4 aliphatic rings. The van der Waals surface area contributed by atoms with E-state index in [1.54, 1.807) is 11.6 Å². The van der Waals surface area contributed by atoms with Crippen LogP contribution in [0.5, 0.6) is 0 Å². The molecule has 7 nitrogen and oxygen atoms in total. The number of hydrogen-bond acceptors (Lipinski definition) is 4. The minimum atomic E-state index is -0.109. The zero-order valence-electron chi connectivity index (χ0n) is 13.4. The molecule has 0 unspecified atom stereocenters. The fraction of sp³-hybridized carbons (Fsp3) is 0.812. The number of nitrogens with zero attached hydrogens (tertiary/aromatic N) is 4. The standard InChI is InChI=1S/C16H22N4O3/c1-18-16(22)20-6-9(2-5-14(20)17-18)15(21)19-7-10-11(8-19)13-4-3-12(10)23-13/h9-13H,2-8H2,1H3/t9-,10-,11+,12+,13-/m1/s1. The zero-order chi connectivity index (χ0) is 15.7. The number of fused-ring (bicyclic) bond motifs is 6. The van der Waals surface area contributed by atoms with Crippen LogP contribution in [0.1, 0.15) is 25.1 Å². The van der Waals surface area contributed by atoms with E-state index in [0.717, 1.165) is 38.2 Å². The number of carbonyl (C=O) groups excluding carboxylic acids is 1. The van der Waals surface area contributed by atoms with Crippen LogP contribution in [-0.4, -0.2) is 50.5 Å². The van der Waals surface area contributed by atoms with E-state index in [2.05, 4.69) is 5.10 Å². The van der Waals surface area contributed by atoms with Crippen LogP contribution in [0.2, 0.25) is 0 Å². The molecule has 5 heterocycles. The monoisotopic (exact) mass is 318 g/mol. The van der Waals surface area contributed by atoms with Gasteiger partial charge in [0.15, 0.2) is 0 Å². The smallest absolute Gasteiger partial charge is 0.345 e. The second-order valence-electron chi connectivity index (χ2n) is 7.53. The fourth-order valence-corrected chi connectivity index (χ4v) is 5.14. The molecule has 2 bridgehead atoms. The molecular weight excluding hydrogens is 296 g/mol. The molecule has 0 spiro atoms. The molecule has 1 aromatic rings. The first-order valence-corrected chi connectivity index (χ1v) is 8.69. The molecule has 0 saturated carbocycles. The molecule has 5 atom stereocenters. The van der Waals surface area contributed by atoms with E-state index in [1.807, 2.05) is 4.90 Å². The van der Waals surface area contributed by atoms with Crippen LogP contribution in [0.25, 0.3) is 0 Å². The Hall–Kier alpha value is -1.63. The van der Waals surface area contributed by atoms with Gasteiger partial charge < -0.3 is 9.64 Å². The number of amides is 1. The highest BCUT2D eigenvalue weighted by Gasteiger charge is 2.54. The quantitative estimate of drug-likeness (QED) is 0.718. The maximum absolute atomic E-state index is 12.9. The van der Waals surface area contributed by atoms with Gasteiger partial charge in [-0.2, -0.15) is 5.10 Å². The van der Waals surface area contributed by atoms with Gasteiger partial charge in [0, 0.05) is 44.9 Å². The Labute approximate surface area is 134 Å². The van der Waals surface area contributed by atoms with Crippen LogP contribution in [-0.2, 0) is 29.5 Å². The van der Waals surface area contributed by atoms with Gasteiger partial charge in [0.25, 0.3) is 0 Å². The van der Waals surface area contributed by atoms with Crippen molar-refractivity contribution < 1.29 is 9.53 Å². The number of likely N-dealkylation sites (tertiary alicyclic amines) is 1. The molecular formula is C16H22N4O3. The van der Waals surface area contributed by atoms with Gasteiger partial charge in [0.1, 0.15) is 5.82 Å². The van der Waals surface area contributed by atoms with Crippen LogP contribution in [0, 0.1) is 17.8 Å². The van der Waals surface area contributed by atoms with Crippen molar-refractivity contribution >= 4 is 5.91 Å². The summed E-state index contributed by atoms with van der Waals surface area (Å²) in [4.78, 5) is 27.1. The van der Waals surface area contributed by atoms with Crippen molar-refractivity contribution in [3.05, 3.63) is 16.3 Å². The van der Waals surface area contributed by atoms with Gasteiger partial charge in [0.2, 0.25) is 5.91 Å². The Bertz CT molecular complexity index is 705. The lowest BCUT2D eigenvalue weighted by Gasteiger charge is -2.27. The molecule has 23 heavy (non-hydrogen) atoms. The van der Waals surface area contributed by atoms with Crippen LogP contribution >= 0.6 is 0 Å². The van der Waals surface area contributed by atoms with Crippen LogP contribution in [0.3, 0.4) is 0 Å². The lowest BCUT2D eigenvalue weighted by atomic mass is 9.82.